The molecule has 1 aromatic heterocycles. The maximum atomic E-state index is 13.4. The van der Waals surface area contributed by atoms with E-state index in [0.717, 1.165) is 5.56 Å². The van der Waals surface area contributed by atoms with E-state index in [-0.39, 0.29) is 18.7 Å². The number of nitrogens with zero attached hydrogens (tertiary/aromatic N) is 1. The number of halogens is 1. The van der Waals surface area contributed by atoms with E-state index in [1.54, 1.807) is 24.4 Å². The second kappa shape index (κ2) is 13.0. The third-order valence-electron chi connectivity index (χ3n) is 6.75. The minimum atomic E-state index is -0.967. The van der Waals surface area contributed by atoms with Crippen LogP contribution in [0.25, 0.3) is 0 Å². The maximum Gasteiger partial charge on any atom is 0.340 e. The highest BCUT2D eigenvalue weighted by Crippen LogP contribution is 2.36. The lowest BCUT2D eigenvalue weighted by Gasteiger charge is -2.42. The molecular formula is C29H30FN3O7. The number of aromatic nitrogens is 1. The van der Waals surface area contributed by atoms with Crippen LogP contribution < -0.4 is 10.6 Å². The van der Waals surface area contributed by atoms with Crippen LogP contribution in [-0.4, -0.2) is 71.9 Å². The Bertz CT molecular complexity index is 1280. The Labute approximate surface area is 230 Å². The van der Waals surface area contributed by atoms with Gasteiger partial charge < -0.3 is 34.7 Å². The molecule has 2 aromatic carbocycles. The molecule has 2 aliphatic heterocycles. The molecule has 210 valence electrons. The molecule has 0 aliphatic carbocycles. The predicted molar refractivity (Wildman–Crippen MR) is 141 cm³/mol. The van der Waals surface area contributed by atoms with Crippen LogP contribution in [0.3, 0.4) is 0 Å². The Morgan fingerprint density at radius 3 is 2.65 bits per heavy atom. The van der Waals surface area contributed by atoms with E-state index < -0.39 is 61.0 Å². The standard InChI is InChI=1S/C29H30FN3O7/c30-20-9-4-10-21(12-20)33-29(36)32-15-22-13-23-25(38-22)27(37-17-18-6-2-1-3-7-18)26(24(16-34)39-23)40-28(35)19-8-5-11-31-14-19/h1-12,14,22-27,34H,13,15-17H2,(H2,32,33,36)/t22?,23-,24-,25+,26-,27-/m1/s1. The van der Waals surface area contributed by atoms with Crippen LogP contribution in [-0.2, 0) is 25.6 Å². The number of hydrogen-bond donors (Lipinski definition) is 3. The van der Waals surface area contributed by atoms with Crippen LogP contribution in [0.4, 0.5) is 14.9 Å². The van der Waals surface area contributed by atoms with Crippen molar-refractivity contribution in [1.29, 1.82) is 0 Å². The first-order valence-corrected chi connectivity index (χ1v) is 13.0. The highest BCUT2D eigenvalue weighted by Gasteiger charge is 2.53. The monoisotopic (exact) mass is 551 g/mol. The van der Waals surface area contributed by atoms with Gasteiger partial charge in [0.25, 0.3) is 0 Å². The quantitative estimate of drug-likeness (QED) is 0.346. The van der Waals surface area contributed by atoms with Crippen molar-refractivity contribution in [1.82, 2.24) is 10.3 Å². The number of urea groups is 1. The third-order valence-corrected chi connectivity index (χ3v) is 6.75. The average Bonchev–Trinajstić information content (AvgIpc) is 3.39. The number of aliphatic hydroxyl groups is 1. The fourth-order valence-electron chi connectivity index (χ4n) is 4.88. The molecule has 0 spiro atoms. The van der Waals surface area contributed by atoms with E-state index in [9.17, 15) is 19.1 Å². The topological polar surface area (TPSA) is 128 Å². The molecule has 2 aliphatic rings. The van der Waals surface area contributed by atoms with Gasteiger partial charge in [-0.1, -0.05) is 36.4 Å². The number of amides is 2. The minimum absolute atomic E-state index is 0.146. The number of fused-ring (bicyclic) bond motifs is 1. The molecule has 2 amide bonds. The maximum absolute atomic E-state index is 13.4. The fourth-order valence-corrected chi connectivity index (χ4v) is 4.88. The zero-order valence-electron chi connectivity index (χ0n) is 21.5. The number of ether oxygens (including phenoxy) is 4. The molecule has 2 saturated heterocycles. The second-order valence-corrected chi connectivity index (χ2v) is 9.57. The first-order chi connectivity index (χ1) is 19.5. The molecular weight excluding hydrogens is 521 g/mol. The van der Waals surface area contributed by atoms with Gasteiger partial charge in [-0.3, -0.25) is 4.98 Å². The van der Waals surface area contributed by atoms with Crippen molar-refractivity contribution in [2.75, 3.05) is 18.5 Å². The number of hydrogen-bond acceptors (Lipinski definition) is 8. The summed E-state index contributed by atoms with van der Waals surface area (Å²) in [5.41, 5.74) is 1.48. The van der Waals surface area contributed by atoms with Gasteiger partial charge in [0.05, 0.1) is 31.0 Å². The molecule has 2 fully saturated rings. The summed E-state index contributed by atoms with van der Waals surface area (Å²) in [7, 11) is 0. The van der Waals surface area contributed by atoms with Crippen molar-refractivity contribution < 1.29 is 38.0 Å². The van der Waals surface area contributed by atoms with E-state index in [1.165, 1.54) is 24.4 Å². The smallest absolute Gasteiger partial charge is 0.340 e. The van der Waals surface area contributed by atoms with E-state index >= 15 is 0 Å². The van der Waals surface area contributed by atoms with Crippen LogP contribution >= 0.6 is 0 Å². The van der Waals surface area contributed by atoms with Crippen molar-refractivity contribution >= 4 is 17.7 Å². The summed E-state index contributed by atoms with van der Waals surface area (Å²) in [5.74, 6) is -1.09. The summed E-state index contributed by atoms with van der Waals surface area (Å²) < 4.78 is 37.9. The Morgan fingerprint density at radius 1 is 1.05 bits per heavy atom. The third kappa shape index (κ3) is 6.80. The highest BCUT2D eigenvalue weighted by molar-refractivity contribution is 5.89. The molecule has 5 rings (SSSR count). The molecule has 1 unspecified atom stereocenters. The lowest BCUT2D eigenvalue weighted by atomic mass is 9.94. The Morgan fingerprint density at radius 2 is 1.90 bits per heavy atom. The first kappa shape index (κ1) is 27.7. The average molecular weight is 552 g/mol. The van der Waals surface area contributed by atoms with Gasteiger partial charge in [0.2, 0.25) is 0 Å². The lowest BCUT2D eigenvalue weighted by Crippen LogP contribution is -2.59. The van der Waals surface area contributed by atoms with Gasteiger partial charge >= 0.3 is 12.0 Å². The number of nitrogens with one attached hydrogen (secondary N) is 2. The van der Waals surface area contributed by atoms with Crippen LogP contribution in [0, 0.1) is 5.82 Å². The molecule has 0 radical (unpaired) electrons. The van der Waals surface area contributed by atoms with Gasteiger partial charge in [-0.05, 0) is 35.9 Å². The lowest BCUT2D eigenvalue weighted by molar-refractivity contribution is -0.233. The zero-order valence-corrected chi connectivity index (χ0v) is 21.5. The molecule has 0 saturated carbocycles. The summed E-state index contributed by atoms with van der Waals surface area (Å²) in [4.78, 5) is 29.3. The highest BCUT2D eigenvalue weighted by atomic mass is 19.1. The number of carbonyl (C=O) groups excluding carboxylic acids is 2. The van der Waals surface area contributed by atoms with Crippen molar-refractivity contribution in [3.8, 4) is 0 Å². The van der Waals surface area contributed by atoms with E-state index in [4.69, 9.17) is 18.9 Å². The van der Waals surface area contributed by atoms with Crippen LogP contribution in [0.2, 0.25) is 0 Å². The van der Waals surface area contributed by atoms with Crippen molar-refractivity contribution in [2.45, 2.75) is 49.7 Å². The first-order valence-electron chi connectivity index (χ1n) is 13.0. The second-order valence-electron chi connectivity index (χ2n) is 9.57. The molecule has 3 heterocycles. The summed E-state index contributed by atoms with van der Waals surface area (Å²) >= 11 is 0. The fraction of sp³-hybridized carbons (Fsp3) is 0.345. The van der Waals surface area contributed by atoms with Gasteiger partial charge in [-0.25, -0.2) is 14.0 Å². The van der Waals surface area contributed by atoms with E-state index in [0.29, 0.717) is 12.1 Å². The molecule has 11 heteroatoms. The summed E-state index contributed by atoms with van der Waals surface area (Å²) in [6, 6.07) is 17.8. The van der Waals surface area contributed by atoms with Crippen LogP contribution in [0.1, 0.15) is 22.3 Å². The minimum Gasteiger partial charge on any atom is -0.453 e. The Hall–Kier alpha value is -3.90. The number of aliphatic hydroxyl groups excluding tert-OH is 1. The summed E-state index contributed by atoms with van der Waals surface area (Å²) in [5, 5.41) is 15.5. The molecule has 3 N–H and O–H groups in total. The largest absolute Gasteiger partial charge is 0.453 e. The number of esters is 1. The van der Waals surface area contributed by atoms with Crippen molar-refractivity contribution in [2.24, 2.45) is 0 Å². The number of carbonyl (C=O) groups is 2. The number of benzene rings is 2. The normalized spacial score (nSPS) is 25.6. The van der Waals surface area contributed by atoms with Crippen LogP contribution in [0.5, 0.6) is 0 Å². The number of anilines is 1. The Kier molecular flexibility index (Phi) is 8.97. The summed E-state index contributed by atoms with van der Waals surface area (Å²) in [6.45, 7) is -0.0403. The van der Waals surface area contributed by atoms with Gasteiger partial charge in [-0.15, -0.1) is 0 Å². The number of pyridine rings is 1. The van der Waals surface area contributed by atoms with Gasteiger partial charge in [0.15, 0.2) is 6.10 Å². The predicted octanol–water partition coefficient (Wildman–Crippen LogP) is 3.07. The molecule has 40 heavy (non-hydrogen) atoms. The van der Waals surface area contributed by atoms with Crippen LogP contribution in [0.15, 0.2) is 79.1 Å². The molecule has 0 bridgehead atoms. The number of rotatable bonds is 9. The zero-order chi connectivity index (χ0) is 27.9. The van der Waals surface area contributed by atoms with Crippen molar-refractivity contribution in [3.63, 3.8) is 0 Å². The van der Waals surface area contributed by atoms with E-state index in [1.807, 2.05) is 30.3 Å². The summed E-state index contributed by atoms with van der Waals surface area (Å²) in [6.07, 6.45) is -0.764. The van der Waals surface area contributed by atoms with Gasteiger partial charge in [0, 0.05) is 31.0 Å². The van der Waals surface area contributed by atoms with Crippen molar-refractivity contribution in [3.05, 3.63) is 96.1 Å². The van der Waals surface area contributed by atoms with E-state index in [2.05, 4.69) is 15.6 Å². The Balaban J connectivity index is 1.28. The van der Waals surface area contributed by atoms with Gasteiger partial charge in [-0.2, -0.15) is 0 Å². The molecule has 3 aromatic rings. The molecule has 6 atom stereocenters. The molecule has 10 nitrogen and oxygen atoms in total. The van der Waals surface area contributed by atoms with Gasteiger partial charge in [0.1, 0.15) is 24.1 Å². The SMILES string of the molecule is O=C(NCC1C[C@H]2O[C@H](CO)[C@@H](OC(=O)c3cccnc3)[C@H](OCc3ccccc3)[C@H]2O1)Nc1cccc(F)c1.